The number of carbonyl (C=O) groups is 1. The first kappa shape index (κ1) is 9.08. The van der Waals surface area contributed by atoms with Gasteiger partial charge in [-0.05, 0) is 0 Å². The fourth-order valence-electron chi connectivity index (χ4n) is 1.46. The Balaban J connectivity index is 2.24. The Labute approximate surface area is 81.7 Å². The van der Waals surface area contributed by atoms with Gasteiger partial charge in [0.2, 0.25) is 0 Å². The molecule has 74 valence electrons. The molecule has 1 aliphatic rings. The number of ether oxygens (including phenoxy) is 1. The van der Waals surface area contributed by atoms with Gasteiger partial charge < -0.3 is 9.64 Å². The van der Waals surface area contributed by atoms with Crippen molar-refractivity contribution in [2.75, 3.05) is 31.2 Å². The zero-order valence-electron chi connectivity index (χ0n) is 7.72. The zero-order chi connectivity index (χ0) is 9.80. The highest BCUT2D eigenvalue weighted by atomic mass is 16.5. The summed E-state index contributed by atoms with van der Waals surface area (Å²) in [5, 5.41) is 0. The number of anilines is 1. The van der Waals surface area contributed by atoms with Crippen molar-refractivity contribution in [2.24, 2.45) is 0 Å². The molecule has 1 fully saturated rings. The molecule has 2 heterocycles. The standard InChI is InChI=1S/C9H11N3O2/c13-6-8-5-10-7-11-9(8)12-1-3-14-4-2-12/h5-7H,1-4H2. The molecule has 1 aromatic heterocycles. The smallest absolute Gasteiger partial charge is 0.155 e. The third kappa shape index (κ3) is 1.72. The van der Waals surface area contributed by atoms with E-state index in [9.17, 15) is 4.79 Å². The summed E-state index contributed by atoms with van der Waals surface area (Å²) in [6.45, 7) is 2.92. The molecule has 0 N–H and O–H groups in total. The van der Waals surface area contributed by atoms with Crippen molar-refractivity contribution in [3.8, 4) is 0 Å². The van der Waals surface area contributed by atoms with Gasteiger partial charge in [-0.15, -0.1) is 0 Å². The third-order valence-electron chi connectivity index (χ3n) is 2.16. The maximum absolute atomic E-state index is 10.7. The summed E-state index contributed by atoms with van der Waals surface area (Å²) in [6.07, 6.45) is 3.77. The number of morpholine rings is 1. The Morgan fingerprint density at radius 1 is 1.43 bits per heavy atom. The van der Waals surface area contributed by atoms with Gasteiger partial charge in [0.25, 0.3) is 0 Å². The molecule has 0 spiro atoms. The van der Waals surface area contributed by atoms with Gasteiger partial charge in [-0.25, -0.2) is 9.97 Å². The van der Waals surface area contributed by atoms with E-state index in [4.69, 9.17) is 4.74 Å². The second kappa shape index (κ2) is 4.15. The molecule has 1 aliphatic heterocycles. The number of nitrogens with zero attached hydrogens (tertiary/aromatic N) is 3. The molecule has 0 bridgehead atoms. The SMILES string of the molecule is O=Cc1cncnc1N1CCOCC1. The predicted octanol–water partition coefficient (Wildman–Crippen LogP) is 0.126. The van der Waals surface area contributed by atoms with E-state index in [0.717, 1.165) is 19.4 Å². The monoisotopic (exact) mass is 193 g/mol. The molecule has 0 aliphatic carbocycles. The normalized spacial score (nSPS) is 16.7. The first-order valence-corrected chi connectivity index (χ1v) is 4.49. The van der Waals surface area contributed by atoms with Crippen LogP contribution in [-0.4, -0.2) is 42.6 Å². The lowest BCUT2D eigenvalue weighted by atomic mass is 10.3. The van der Waals surface area contributed by atoms with Crippen molar-refractivity contribution in [2.45, 2.75) is 0 Å². The van der Waals surface area contributed by atoms with Gasteiger partial charge in [0.15, 0.2) is 6.29 Å². The van der Waals surface area contributed by atoms with Crippen molar-refractivity contribution in [1.29, 1.82) is 0 Å². The summed E-state index contributed by atoms with van der Waals surface area (Å²) < 4.78 is 5.22. The van der Waals surface area contributed by atoms with Crippen LogP contribution in [0.2, 0.25) is 0 Å². The molecular formula is C9H11N3O2. The summed E-state index contributed by atoms with van der Waals surface area (Å²) in [7, 11) is 0. The Morgan fingerprint density at radius 2 is 2.21 bits per heavy atom. The van der Waals surface area contributed by atoms with E-state index < -0.39 is 0 Å². The molecule has 5 heteroatoms. The van der Waals surface area contributed by atoms with Crippen molar-refractivity contribution >= 4 is 12.1 Å². The minimum atomic E-state index is 0.536. The van der Waals surface area contributed by atoms with Crippen molar-refractivity contribution in [3.05, 3.63) is 18.1 Å². The highest BCUT2D eigenvalue weighted by Gasteiger charge is 2.15. The first-order chi connectivity index (χ1) is 6.92. The Hall–Kier alpha value is -1.49. The highest BCUT2D eigenvalue weighted by molar-refractivity contribution is 5.82. The molecule has 0 saturated carbocycles. The quantitative estimate of drug-likeness (QED) is 0.625. The van der Waals surface area contributed by atoms with Crippen LogP contribution in [0.15, 0.2) is 12.5 Å². The van der Waals surface area contributed by atoms with Crippen LogP contribution < -0.4 is 4.90 Å². The largest absolute Gasteiger partial charge is 0.378 e. The lowest BCUT2D eigenvalue weighted by Crippen LogP contribution is -2.37. The van der Waals surface area contributed by atoms with Gasteiger partial charge in [0, 0.05) is 19.3 Å². The average Bonchev–Trinajstić information content (AvgIpc) is 2.30. The summed E-state index contributed by atoms with van der Waals surface area (Å²) in [5.41, 5.74) is 0.536. The number of aldehydes is 1. The fourth-order valence-corrected chi connectivity index (χ4v) is 1.46. The predicted molar refractivity (Wildman–Crippen MR) is 50.5 cm³/mol. The van der Waals surface area contributed by atoms with Crippen molar-refractivity contribution < 1.29 is 9.53 Å². The molecule has 0 amide bonds. The molecule has 1 saturated heterocycles. The summed E-state index contributed by atoms with van der Waals surface area (Å²) in [6, 6.07) is 0. The van der Waals surface area contributed by atoms with Gasteiger partial charge in [0.1, 0.15) is 12.1 Å². The molecule has 0 atom stereocenters. The topological polar surface area (TPSA) is 55.3 Å². The van der Waals surface area contributed by atoms with Crippen LogP contribution in [-0.2, 0) is 4.74 Å². The van der Waals surface area contributed by atoms with Gasteiger partial charge >= 0.3 is 0 Å². The van der Waals surface area contributed by atoms with Gasteiger partial charge in [0.05, 0.1) is 18.8 Å². The minimum absolute atomic E-state index is 0.536. The second-order valence-corrected chi connectivity index (χ2v) is 3.02. The molecule has 0 radical (unpaired) electrons. The van der Waals surface area contributed by atoms with Crippen LogP contribution in [0.4, 0.5) is 5.82 Å². The summed E-state index contributed by atoms with van der Waals surface area (Å²) in [4.78, 5) is 20.7. The number of hydrogen-bond acceptors (Lipinski definition) is 5. The average molecular weight is 193 g/mol. The van der Waals surface area contributed by atoms with E-state index in [0.29, 0.717) is 24.6 Å². The Kier molecular flexibility index (Phi) is 2.69. The molecule has 14 heavy (non-hydrogen) atoms. The van der Waals surface area contributed by atoms with Crippen molar-refractivity contribution in [3.63, 3.8) is 0 Å². The highest BCUT2D eigenvalue weighted by Crippen LogP contribution is 2.15. The molecule has 5 nitrogen and oxygen atoms in total. The van der Waals surface area contributed by atoms with Crippen molar-refractivity contribution in [1.82, 2.24) is 9.97 Å². The van der Waals surface area contributed by atoms with Crippen LogP contribution in [0, 0.1) is 0 Å². The van der Waals surface area contributed by atoms with E-state index in [1.165, 1.54) is 12.5 Å². The maximum atomic E-state index is 10.7. The van der Waals surface area contributed by atoms with E-state index in [1.54, 1.807) is 0 Å². The lowest BCUT2D eigenvalue weighted by molar-refractivity contribution is 0.111. The van der Waals surface area contributed by atoms with Gasteiger partial charge in [-0.1, -0.05) is 0 Å². The summed E-state index contributed by atoms with van der Waals surface area (Å²) >= 11 is 0. The minimum Gasteiger partial charge on any atom is -0.378 e. The number of aromatic nitrogens is 2. The van der Waals surface area contributed by atoms with Crippen LogP contribution >= 0.6 is 0 Å². The third-order valence-corrected chi connectivity index (χ3v) is 2.16. The van der Waals surface area contributed by atoms with E-state index >= 15 is 0 Å². The van der Waals surface area contributed by atoms with Gasteiger partial charge in [-0.3, -0.25) is 4.79 Å². The maximum Gasteiger partial charge on any atom is 0.155 e. The van der Waals surface area contributed by atoms with Gasteiger partial charge in [-0.2, -0.15) is 0 Å². The number of carbonyl (C=O) groups excluding carboxylic acids is 1. The number of rotatable bonds is 2. The Morgan fingerprint density at radius 3 is 2.93 bits per heavy atom. The second-order valence-electron chi connectivity index (χ2n) is 3.02. The van der Waals surface area contributed by atoms with Crippen LogP contribution in [0.3, 0.4) is 0 Å². The first-order valence-electron chi connectivity index (χ1n) is 4.49. The van der Waals surface area contributed by atoms with Crippen LogP contribution in [0.1, 0.15) is 10.4 Å². The molecule has 0 unspecified atom stereocenters. The molecule has 1 aromatic rings. The van der Waals surface area contributed by atoms with E-state index in [2.05, 4.69) is 9.97 Å². The van der Waals surface area contributed by atoms with E-state index in [1.807, 2.05) is 4.90 Å². The fraction of sp³-hybridized carbons (Fsp3) is 0.444. The zero-order valence-corrected chi connectivity index (χ0v) is 7.72. The van der Waals surface area contributed by atoms with Crippen LogP contribution in [0.5, 0.6) is 0 Å². The van der Waals surface area contributed by atoms with Crippen LogP contribution in [0.25, 0.3) is 0 Å². The Bertz CT molecular complexity index is 324. The number of hydrogen-bond donors (Lipinski definition) is 0. The summed E-state index contributed by atoms with van der Waals surface area (Å²) in [5.74, 6) is 0.707. The molecule has 2 rings (SSSR count). The lowest BCUT2D eigenvalue weighted by Gasteiger charge is -2.28. The molecular weight excluding hydrogens is 182 g/mol. The molecule has 0 aromatic carbocycles. The van der Waals surface area contributed by atoms with E-state index in [-0.39, 0.29) is 0 Å².